The molecular formula is C55H98O6. The van der Waals surface area contributed by atoms with Crippen molar-refractivity contribution in [1.29, 1.82) is 0 Å². The van der Waals surface area contributed by atoms with Gasteiger partial charge >= 0.3 is 17.9 Å². The predicted molar refractivity (Wildman–Crippen MR) is 261 cm³/mol. The lowest BCUT2D eigenvalue weighted by Gasteiger charge is -2.18. The molecule has 0 aliphatic rings. The van der Waals surface area contributed by atoms with Crippen molar-refractivity contribution < 1.29 is 28.6 Å². The third-order valence-corrected chi connectivity index (χ3v) is 11.3. The molecule has 0 amide bonds. The van der Waals surface area contributed by atoms with Crippen LogP contribution in [0.2, 0.25) is 0 Å². The Morgan fingerprint density at radius 3 is 0.951 bits per heavy atom. The average molecular weight is 855 g/mol. The lowest BCUT2D eigenvalue weighted by atomic mass is 10.1. The zero-order chi connectivity index (χ0) is 44.4. The summed E-state index contributed by atoms with van der Waals surface area (Å²) in [6.45, 7) is 6.58. The molecule has 0 aliphatic heterocycles. The number of carbonyl (C=O) groups excluding carboxylic acids is 3. The Balaban J connectivity index is 4.42. The molecule has 0 aromatic heterocycles. The number of hydrogen-bond donors (Lipinski definition) is 0. The number of hydrogen-bond acceptors (Lipinski definition) is 6. The molecule has 0 aromatic carbocycles. The van der Waals surface area contributed by atoms with Crippen molar-refractivity contribution in [3.63, 3.8) is 0 Å². The summed E-state index contributed by atoms with van der Waals surface area (Å²) in [5.41, 5.74) is 0. The van der Waals surface area contributed by atoms with Gasteiger partial charge in [0.05, 0.1) is 0 Å². The Morgan fingerprint density at radius 1 is 0.328 bits per heavy atom. The highest BCUT2D eigenvalue weighted by molar-refractivity contribution is 5.71. The highest BCUT2D eigenvalue weighted by atomic mass is 16.6. The quantitative estimate of drug-likeness (QED) is 0.0263. The second kappa shape index (κ2) is 50.0. The van der Waals surface area contributed by atoms with Gasteiger partial charge < -0.3 is 14.2 Å². The number of esters is 3. The topological polar surface area (TPSA) is 78.9 Å². The molecule has 0 saturated carbocycles. The number of allylic oxidation sites excluding steroid dienone is 8. The molecule has 354 valence electrons. The van der Waals surface area contributed by atoms with Crippen molar-refractivity contribution in [3.8, 4) is 0 Å². The molecule has 0 N–H and O–H groups in total. The van der Waals surface area contributed by atoms with Crippen molar-refractivity contribution in [2.24, 2.45) is 0 Å². The summed E-state index contributed by atoms with van der Waals surface area (Å²) in [5, 5.41) is 0. The van der Waals surface area contributed by atoms with Crippen LogP contribution in [0.25, 0.3) is 0 Å². The molecule has 0 unspecified atom stereocenters. The summed E-state index contributed by atoms with van der Waals surface area (Å²) in [6, 6.07) is 0. The Labute approximate surface area is 378 Å². The molecule has 0 rings (SSSR count). The van der Waals surface area contributed by atoms with Crippen LogP contribution in [0.15, 0.2) is 48.6 Å². The van der Waals surface area contributed by atoms with Crippen molar-refractivity contribution in [3.05, 3.63) is 48.6 Å². The van der Waals surface area contributed by atoms with E-state index in [9.17, 15) is 14.4 Å². The van der Waals surface area contributed by atoms with Crippen molar-refractivity contribution >= 4 is 17.9 Å². The molecule has 6 heteroatoms. The molecule has 0 spiro atoms. The van der Waals surface area contributed by atoms with Gasteiger partial charge in [-0.2, -0.15) is 0 Å². The fraction of sp³-hybridized carbons (Fsp3) is 0.800. The van der Waals surface area contributed by atoms with Gasteiger partial charge in [0, 0.05) is 19.3 Å². The SMILES string of the molecule is CCCCC/C=C/C/C=C/CCCCCCCC(=O)OC[C@@H](COC(=O)CCCCCCC/C=C/CCCCCCC)OC(=O)CCCCCCC/C=C/CCCCCCC. The Kier molecular flexibility index (Phi) is 47.9. The van der Waals surface area contributed by atoms with Crippen LogP contribution in [0.3, 0.4) is 0 Å². The summed E-state index contributed by atoms with van der Waals surface area (Å²) >= 11 is 0. The molecule has 0 heterocycles. The van der Waals surface area contributed by atoms with Crippen LogP contribution in [0, 0.1) is 0 Å². The van der Waals surface area contributed by atoms with Crippen LogP contribution in [0.5, 0.6) is 0 Å². The van der Waals surface area contributed by atoms with E-state index in [1.54, 1.807) is 0 Å². The summed E-state index contributed by atoms with van der Waals surface area (Å²) in [5.74, 6) is -0.909. The van der Waals surface area contributed by atoms with Crippen LogP contribution in [0.4, 0.5) is 0 Å². The Hall–Kier alpha value is -2.63. The monoisotopic (exact) mass is 855 g/mol. The van der Waals surface area contributed by atoms with Gasteiger partial charge in [0.25, 0.3) is 0 Å². The van der Waals surface area contributed by atoms with Crippen molar-refractivity contribution in [1.82, 2.24) is 0 Å². The summed E-state index contributed by atoms with van der Waals surface area (Å²) < 4.78 is 16.8. The summed E-state index contributed by atoms with van der Waals surface area (Å²) in [7, 11) is 0. The Bertz CT molecular complexity index is 1070. The normalized spacial score (nSPS) is 12.4. The molecule has 0 radical (unpaired) electrons. The number of ether oxygens (including phenoxy) is 3. The lowest BCUT2D eigenvalue weighted by Crippen LogP contribution is -2.30. The maximum atomic E-state index is 12.8. The van der Waals surface area contributed by atoms with E-state index in [1.165, 1.54) is 128 Å². The van der Waals surface area contributed by atoms with Crippen molar-refractivity contribution in [2.45, 2.75) is 271 Å². The standard InChI is InChI=1S/C55H98O6/c1-4-7-10-13-16-19-22-25-28-31-33-36-39-42-45-48-54(57)60-51-52(61-55(58)49-46-43-40-37-34-30-27-24-21-18-15-12-9-6-3)50-59-53(56)47-44-41-38-35-32-29-26-23-20-17-14-11-8-5-2/h16,19,23-28,52H,4-15,17-18,20-22,29-51H2,1-3H3/b19-16+,26-23+,27-24+,28-25+/t52-/m1/s1. The van der Waals surface area contributed by atoms with Gasteiger partial charge in [-0.1, -0.05) is 191 Å². The van der Waals surface area contributed by atoms with Crippen LogP contribution < -0.4 is 0 Å². The lowest BCUT2D eigenvalue weighted by molar-refractivity contribution is -0.167. The fourth-order valence-electron chi connectivity index (χ4n) is 7.28. The fourth-order valence-corrected chi connectivity index (χ4v) is 7.28. The van der Waals surface area contributed by atoms with E-state index in [1.807, 2.05) is 0 Å². The zero-order valence-corrected chi connectivity index (χ0v) is 40.4. The smallest absolute Gasteiger partial charge is 0.306 e. The van der Waals surface area contributed by atoms with Crippen LogP contribution in [-0.2, 0) is 28.6 Å². The average Bonchev–Trinajstić information content (AvgIpc) is 3.26. The van der Waals surface area contributed by atoms with E-state index in [2.05, 4.69) is 69.4 Å². The minimum absolute atomic E-state index is 0.0846. The second-order valence-corrected chi connectivity index (χ2v) is 17.4. The highest BCUT2D eigenvalue weighted by Gasteiger charge is 2.19. The molecule has 0 fully saturated rings. The van der Waals surface area contributed by atoms with E-state index < -0.39 is 6.10 Å². The summed E-state index contributed by atoms with van der Waals surface area (Å²) in [6.07, 6.45) is 59.4. The van der Waals surface area contributed by atoms with Gasteiger partial charge in [-0.25, -0.2) is 0 Å². The zero-order valence-electron chi connectivity index (χ0n) is 40.4. The van der Waals surface area contributed by atoms with Crippen LogP contribution in [-0.4, -0.2) is 37.2 Å². The van der Waals surface area contributed by atoms with E-state index in [-0.39, 0.29) is 31.1 Å². The molecule has 0 bridgehead atoms. The molecule has 1 atom stereocenters. The third-order valence-electron chi connectivity index (χ3n) is 11.3. The summed E-state index contributed by atoms with van der Waals surface area (Å²) in [4.78, 5) is 38.0. The first-order valence-corrected chi connectivity index (χ1v) is 26.1. The first-order chi connectivity index (χ1) is 30.0. The second-order valence-electron chi connectivity index (χ2n) is 17.4. The van der Waals surface area contributed by atoms with E-state index >= 15 is 0 Å². The van der Waals surface area contributed by atoms with E-state index in [0.29, 0.717) is 19.3 Å². The van der Waals surface area contributed by atoms with Gasteiger partial charge in [0.15, 0.2) is 6.10 Å². The first-order valence-electron chi connectivity index (χ1n) is 26.1. The number of carbonyl (C=O) groups is 3. The number of rotatable bonds is 47. The molecule has 0 saturated heterocycles. The molecule has 0 aromatic rings. The molecule has 61 heavy (non-hydrogen) atoms. The van der Waals surface area contributed by atoms with Crippen LogP contribution in [0.1, 0.15) is 265 Å². The third kappa shape index (κ3) is 48.3. The highest BCUT2D eigenvalue weighted by Crippen LogP contribution is 2.14. The van der Waals surface area contributed by atoms with E-state index in [0.717, 1.165) is 96.3 Å². The predicted octanol–water partition coefficient (Wildman–Crippen LogP) is 17.1. The van der Waals surface area contributed by atoms with Crippen molar-refractivity contribution in [2.75, 3.05) is 13.2 Å². The maximum absolute atomic E-state index is 12.8. The minimum atomic E-state index is -0.784. The van der Waals surface area contributed by atoms with E-state index in [4.69, 9.17) is 14.2 Å². The molecular weight excluding hydrogens is 757 g/mol. The van der Waals surface area contributed by atoms with Gasteiger partial charge in [-0.15, -0.1) is 0 Å². The van der Waals surface area contributed by atoms with Gasteiger partial charge in [-0.3, -0.25) is 14.4 Å². The van der Waals surface area contributed by atoms with Gasteiger partial charge in [-0.05, 0) is 103 Å². The minimum Gasteiger partial charge on any atom is -0.462 e. The Morgan fingerprint density at radius 2 is 0.590 bits per heavy atom. The van der Waals surface area contributed by atoms with Gasteiger partial charge in [0.1, 0.15) is 13.2 Å². The van der Waals surface area contributed by atoms with Gasteiger partial charge in [0.2, 0.25) is 0 Å². The molecule has 6 nitrogen and oxygen atoms in total. The number of unbranched alkanes of at least 4 members (excludes halogenated alkanes) is 28. The first kappa shape index (κ1) is 58.4. The largest absolute Gasteiger partial charge is 0.462 e. The van der Waals surface area contributed by atoms with Crippen LogP contribution >= 0.6 is 0 Å². The molecule has 0 aliphatic carbocycles. The maximum Gasteiger partial charge on any atom is 0.306 e.